The van der Waals surface area contributed by atoms with Crippen LogP contribution in [0.25, 0.3) is 17.2 Å². The summed E-state index contributed by atoms with van der Waals surface area (Å²) in [6.07, 6.45) is 3.09. The quantitative estimate of drug-likeness (QED) is 0.773. The van der Waals surface area contributed by atoms with Crippen LogP contribution >= 0.6 is 0 Å². The van der Waals surface area contributed by atoms with Gasteiger partial charge >= 0.3 is 0 Å². The van der Waals surface area contributed by atoms with E-state index >= 15 is 0 Å². The maximum absolute atomic E-state index is 9.02. The van der Waals surface area contributed by atoms with Crippen molar-refractivity contribution in [3.05, 3.63) is 59.4 Å². The van der Waals surface area contributed by atoms with Crippen LogP contribution < -0.4 is 0 Å². The lowest BCUT2D eigenvalue weighted by atomic mass is 10.0. The summed E-state index contributed by atoms with van der Waals surface area (Å²) in [5.74, 6) is 0. The Hall–Kier alpha value is -3.42. The number of rotatable bonds is 2. The van der Waals surface area contributed by atoms with Crippen molar-refractivity contribution in [1.82, 2.24) is 4.98 Å². The highest BCUT2D eigenvalue weighted by molar-refractivity contribution is 5.71. The first-order valence-electron chi connectivity index (χ1n) is 5.76. The van der Waals surface area contributed by atoms with Gasteiger partial charge in [-0.2, -0.15) is 15.8 Å². The van der Waals surface area contributed by atoms with Crippen molar-refractivity contribution in [3.63, 3.8) is 0 Å². The van der Waals surface area contributed by atoms with Gasteiger partial charge in [-0.15, -0.1) is 0 Å². The largest absolute Gasteiger partial charge is 0.245 e. The van der Waals surface area contributed by atoms with Crippen LogP contribution in [-0.4, -0.2) is 4.98 Å². The number of aromatic nitrogens is 1. The van der Waals surface area contributed by atoms with Crippen LogP contribution in [0.3, 0.4) is 0 Å². The second kappa shape index (κ2) is 5.96. The third kappa shape index (κ3) is 2.70. The summed E-state index contributed by atoms with van der Waals surface area (Å²) in [5, 5.41) is 26.4. The molecule has 2 rings (SSSR count). The number of hydrogen-bond donors (Lipinski definition) is 0. The Morgan fingerprint density at radius 1 is 1.00 bits per heavy atom. The number of benzene rings is 1. The van der Waals surface area contributed by atoms with Crippen LogP contribution in [0, 0.1) is 34.0 Å². The highest BCUT2D eigenvalue weighted by Gasteiger charge is 2.04. The van der Waals surface area contributed by atoms with Crippen LogP contribution in [0.4, 0.5) is 0 Å². The molecule has 1 heterocycles. The summed E-state index contributed by atoms with van der Waals surface area (Å²) in [6.45, 7) is 0. The van der Waals surface area contributed by atoms with Crippen molar-refractivity contribution in [2.75, 3.05) is 0 Å². The molecule has 0 bridgehead atoms. The van der Waals surface area contributed by atoms with Crippen molar-refractivity contribution in [3.8, 4) is 29.3 Å². The number of nitriles is 3. The molecule has 0 N–H and O–H groups in total. The minimum atomic E-state index is 0.0526. The molecule has 0 fully saturated rings. The van der Waals surface area contributed by atoms with E-state index in [0.717, 1.165) is 16.7 Å². The van der Waals surface area contributed by atoms with E-state index in [4.69, 9.17) is 15.8 Å². The molecule has 20 heavy (non-hydrogen) atoms. The lowest BCUT2D eigenvalue weighted by Crippen LogP contribution is -1.87. The van der Waals surface area contributed by atoms with Crippen LogP contribution in [-0.2, 0) is 0 Å². The van der Waals surface area contributed by atoms with Gasteiger partial charge in [0.1, 0.15) is 29.5 Å². The first-order valence-corrected chi connectivity index (χ1v) is 5.76. The van der Waals surface area contributed by atoms with E-state index in [-0.39, 0.29) is 5.57 Å². The predicted molar refractivity (Wildman–Crippen MR) is 73.6 cm³/mol. The standard InChI is InChI=1S/C16H8N4/c17-9-13(10-18)8-12-3-5-14(6-4-12)15-2-1-7-20-16(15)11-19/h1-8H. The molecule has 0 spiro atoms. The van der Waals surface area contributed by atoms with Crippen LogP contribution in [0.15, 0.2) is 48.2 Å². The Morgan fingerprint density at radius 2 is 1.70 bits per heavy atom. The average molecular weight is 256 g/mol. The van der Waals surface area contributed by atoms with Crippen LogP contribution in [0.5, 0.6) is 0 Å². The first-order chi connectivity index (χ1) is 9.78. The van der Waals surface area contributed by atoms with E-state index in [9.17, 15) is 0 Å². The molecule has 0 unspecified atom stereocenters. The van der Waals surface area contributed by atoms with Gasteiger partial charge in [0.25, 0.3) is 0 Å². The van der Waals surface area contributed by atoms with Gasteiger partial charge in [-0.05, 0) is 29.3 Å². The summed E-state index contributed by atoms with van der Waals surface area (Å²) >= 11 is 0. The molecule has 0 saturated heterocycles. The molecule has 4 heteroatoms. The summed E-state index contributed by atoms with van der Waals surface area (Å²) in [6, 6.07) is 16.5. The van der Waals surface area contributed by atoms with Crippen LogP contribution in [0.2, 0.25) is 0 Å². The molecule has 0 amide bonds. The van der Waals surface area contributed by atoms with Gasteiger partial charge in [0.05, 0.1) is 0 Å². The molecule has 92 valence electrons. The first kappa shape index (κ1) is 13.0. The van der Waals surface area contributed by atoms with Crippen LogP contribution in [0.1, 0.15) is 11.3 Å². The number of hydrogen-bond acceptors (Lipinski definition) is 4. The molecular formula is C16H8N4. The Balaban J connectivity index is 2.40. The van der Waals surface area contributed by atoms with Crippen molar-refractivity contribution in [2.45, 2.75) is 0 Å². The average Bonchev–Trinajstić information content (AvgIpc) is 2.53. The topological polar surface area (TPSA) is 84.3 Å². The van der Waals surface area contributed by atoms with Crippen molar-refractivity contribution in [2.24, 2.45) is 0 Å². The van der Waals surface area contributed by atoms with E-state index in [0.29, 0.717) is 5.69 Å². The van der Waals surface area contributed by atoms with E-state index in [2.05, 4.69) is 4.98 Å². The fourth-order valence-electron chi connectivity index (χ4n) is 1.74. The monoisotopic (exact) mass is 256 g/mol. The molecule has 1 aromatic carbocycles. The molecule has 0 aliphatic heterocycles. The molecule has 0 aliphatic rings. The third-order valence-corrected chi connectivity index (χ3v) is 2.69. The zero-order chi connectivity index (χ0) is 14.4. The second-order valence-corrected chi connectivity index (χ2v) is 3.92. The number of pyridine rings is 1. The zero-order valence-corrected chi connectivity index (χ0v) is 10.4. The van der Waals surface area contributed by atoms with Gasteiger partial charge in [-0.25, -0.2) is 4.98 Å². The Kier molecular flexibility index (Phi) is 3.88. The highest BCUT2D eigenvalue weighted by atomic mass is 14.7. The summed E-state index contributed by atoms with van der Waals surface area (Å²) in [4.78, 5) is 4.01. The fraction of sp³-hybridized carbons (Fsp3) is 0. The smallest absolute Gasteiger partial charge is 0.148 e. The SMILES string of the molecule is N#CC(C#N)=Cc1ccc(-c2cccnc2C#N)cc1. The van der Waals surface area contributed by atoms with Crippen molar-refractivity contribution < 1.29 is 0 Å². The zero-order valence-electron chi connectivity index (χ0n) is 10.4. The normalized spacial score (nSPS) is 8.85. The van der Waals surface area contributed by atoms with Gasteiger partial charge < -0.3 is 0 Å². The minimum absolute atomic E-state index is 0.0526. The maximum atomic E-state index is 9.02. The van der Waals surface area contributed by atoms with Gasteiger partial charge in [-0.1, -0.05) is 24.3 Å². The maximum Gasteiger partial charge on any atom is 0.148 e. The van der Waals surface area contributed by atoms with E-state index in [1.807, 2.05) is 36.4 Å². The molecule has 1 aromatic heterocycles. The second-order valence-electron chi connectivity index (χ2n) is 3.92. The molecule has 0 atom stereocenters. The van der Waals surface area contributed by atoms with Crippen molar-refractivity contribution >= 4 is 6.08 Å². The molecule has 2 aromatic rings. The molecule has 0 radical (unpaired) electrons. The summed E-state index contributed by atoms with van der Waals surface area (Å²) < 4.78 is 0. The van der Waals surface area contributed by atoms with Gasteiger partial charge in [0, 0.05) is 11.8 Å². The van der Waals surface area contributed by atoms with Crippen molar-refractivity contribution in [1.29, 1.82) is 15.8 Å². The van der Waals surface area contributed by atoms with Gasteiger partial charge in [0.15, 0.2) is 0 Å². The highest BCUT2D eigenvalue weighted by Crippen LogP contribution is 2.22. The minimum Gasteiger partial charge on any atom is -0.245 e. The molecule has 0 saturated carbocycles. The fourth-order valence-corrected chi connectivity index (χ4v) is 1.74. The van der Waals surface area contributed by atoms with Gasteiger partial charge in [0.2, 0.25) is 0 Å². The predicted octanol–water partition coefficient (Wildman–Crippen LogP) is 3.05. The van der Waals surface area contributed by atoms with E-state index in [1.165, 1.54) is 6.08 Å². The summed E-state index contributed by atoms with van der Waals surface area (Å²) in [7, 11) is 0. The number of allylic oxidation sites excluding steroid dienone is 1. The van der Waals surface area contributed by atoms with E-state index < -0.39 is 0 Å². The van der Waals surface area contributed by atoms with E-state index in [1.54, 1.807) is 24.4 Å². The molecular weight excluding hydrogens is 248 g/mol. The molecule has 0 aliphatic carbocycles. The lowest BCUT2D eigenvalue weighted by molar-refractivity contribution is 1.26. The Labute approximate surface area is 116 Å². The Bertz CT molecular complexity index is 765. The summed E-state index contributed by atoms with van der Waals surface area (Å²) in [5.41, 5.74) is 2.80. The molecule has 4 nitrogen and oxygen atoms in total. The lowest BCUT2D eigenvalue weighted by Gasteiger charge is -2.03. The Morgan fingerprint density at radius 3 is 2.30 bits per heavy atom. The number of nitrogens with zero attached hydrogens (tertiary/aromatic N) is 4. The third-order valence-electron chi connectivity index (χ3n) is 2.69. The van der Waals surface area contributed by atoms with Gasteiger partial charge in [-0.3, -0.25) is 0 Å².